The molecule has 0 aromatic carbocycles. The molecular formula is C16H24N6OS. The number of imidazole rings is 1. The zero-order valence-corrected chi connectivity index (χ0v) is 14.8. The monoisotopic (exact) mass is 348 g/mol. The van der Waals surface area contributed by atoms with Crippen molar-refractivity contribution in [2.75, 3.05) is 50.8 Å². The van der Waals surface area contributed by atoms with Gasteiger partial charge in [0.2, 0.25) is 0 Å². The maximum Gasteiger partial charge on any atom is 0.185 e. The largest absolute Gasteiger partial charge is 0.378 e. The quantitative estimate of drug-likeness (QED) is 0.884. The maximum absolute atomic E-state index is 5.43. The van der Waals surface area contributed by atoms with Gasteiger partial charge in [-0.3, -0.25) is 4.90 Å². The van der Waals surface area contributed by atoms with Gasteiger partial charge in [-0.1, -0.05) is 0 Å². The second-order valence-corrected chi connectivity index (χ2v) is 7.39. The van der Waals surface area contributed by atoms with Gasteiger partial charge in [-0.15, -0.1) is 11.3 Å². The number of ether oxygens (including phenoxy) is 1. The molecule has 2 fully saturated rings. The molecule has 0 spiro atoms. The van der Waals surface area contributed by atoms with Crippen LogP contribution in [0.1, 0.15) is 16.7 Å². The molecule has 2 saturated heterocycles. The molecule has 8 heteroatoms. The molecule has 2 aliphatic rings. The normalized spacial score (nSPS) is 22.9. The minimum Gasteiger partial charge on any atom is -0.378 e. The van der Waals surface area contributed by atoms with Crippen LogP contribution >= 0.6 is 11.3 Å². The van der Waals surface area contributed by atoms with Crippen molar-refractivity contribution in [2.24, 2.45) is 7.05 Å². The number of aryl methyl sites for hydroxylation is 1. The van der Waals surface area contributed by atoms with E-state index < -0.39 is 0 Å². The lowest BCUT2D eigenvalue weighted by molar-refractivity contribution is 0.122. The average Bonchev–Trinajstić information content (AvgIpc) is 3.25. The maximum atomic E-state index is 5.43. The molecule has 2 aliphatic heterocycles. The highest BCUT2D eigenvalue weighted by atomic mass is 32.1. The van der Waals surface area contributed by atoms with Crippen molar-refractivity contribution in [3.8, 4) is 0 Å². The lowest BCUT2D eigenvalue weighted by Gasteiger charge is -2.35. The minimum absolute atomic E-state index is 0.313. The lowest BCUT2D eigenvalue weighted by Crippen LogP contribution is -2.46. The van der Waals surface area contributed by atoms with Gasteiger partial charge in [0.25, 0.3) is 0 Å². The van der Waals surface area contributed by atoms with Crippen molar-refractivity contribution >= 4 is 16.5 Å². The summed E-state index contributed by atoms with van der Waals surface area (Å²) in [6.07, 6.45) is 5.93. The zero-order chi connectivity index (χ0) is 16.4. The molecule has 0 bridgehead atoms. The number of nitrogens with one attached hydrogen (secondary N) is 1. The van der Waals surface area contributed by atoms with E-state index in [0.29, 0.717) is 6.04 Å². The number of nitrogens with zero attached hydrogens (tertiary/aromatic N) is 5. The Hall–Kier alpha value is -1.48. The Kier molecular flexibility index (Phi) is 4.79. The Labute approximate surface area is 146 Å². The summed E-state index contributed by atoms with van der Waals surface area (Å²) in [6.45, 7) is 7.41. The summed E-state index contributed by atoms with van der Waals surface area (Å²) in [6, 6.07) is 0.313. The summed E-state index contributed by atoms with van der Waals surface area (Å²) in [7, 11) is 2.07. The van der Waals surface area contributed by atoms with Gasteiger partial charge in [0.05, 0.1) is 19.3 Å². The fourth-order valence-electron chi connectivity index (χ4n) is 3.36. The molecular weight excluding hydrogens is 324 g/mol. The number of rotatable bonds is 4. The Bertz CT molecular complexity index is 665. The summed E-state index contributed by atoms with van der Waals surface area (Å²) >= 11 is 1.81. The van der Waals surface area contributed by atoms with E-state index >= 15 is 0 Å². The van der Waals surface area contributed by atoms with E-state index in [1.165, 1.54) is 4.88 Å². The zero-order valence-electron chi connectivity index (χ0n) is 14.0. The van der Waals surface area contributed by atoms with Crippen LogP contribution in [0.3, 0.4) is 0 Å². The van der Waals surface area contributed by atoms with Gasteiger partial charge < -0.3 is 19.5 Å². The Balaban J connectivity index is 1.47. The number of anilines is 1. The molecule has 0 radical (unpaired) electrons. The summed E-state index contributed by atoms with van der Waals surface area (Å²) in [5, 5.41) is 4.62. The smallest absolute Gasteiger partial charge is 0.185 e. The average molecular weight is 348 g/mol. The van der Waals surface area contributed by atoms with Gasteiger partial charge >= 0.3 is 0 Å². The molecule has 4 heterocycles. The molecule has 1 unspecified atom stereocenters. The van der Waals surface area contributed by atoms with Gasteiger partial charge in [-0.25, -0.2) is 9.97 Å². The number of morpholine rings is 1. The van der Waals surface area contributed by atoms with E-state index in [2.05, 4.69) is 36.7 Å². The third-order valence-electron chi connectivity index (χ3n) is 4.69. The van der Waals surface area contributed by atoms with E-state index in [4.69, 9.17) is 4.74 Å². The van der Waals surface area contributed by atoms with Crippen LogP contribution in [-0.4, -0.2) is 65.4 Å². The highest BCUT2D eigenvalue weighted by molar-refractivity contribution is 7.15. The van der Waals surface area contributed by atoms with E-state index in [1.807, 2.05) is 18.6 Å². The minimum atomic E-state index is 0.313. The van der Waals surface area contributed by atoms with Crippen LogP contribution in [-0.2, 0) is 18.3 Å². The van der Waals surface area contributed by atoms with Crippen LogP contribution in [0.5, 0.6) is 0 Å². The van der Waals surface area contributed by atoms with E-state index in [0.717, 1.165) is 63.4 Å². The predicted molar refractivity (Wildman–Crippen MR) is 94.4 cm³/mol. The first-order chi connectivity index (χ1) is 11.8. The number of hydrogen-bond acceptors (Lipinski definition) is 7. The SMILES string of the molecule is Cn1ccnc1C1CNCCN1Cc1cnc(N2CCOCC2)s1. The van der Waals surface area contributed by atoms with Crippen molar-refractivity contribution in [3.63, 3.8) is 0 Å². The fraction of sp³-hybridized carbons (Fsp3) is 0.625. The third kappa shape index (κ3) is 3.32. The van der Waals surface area contributed by atoms with Crippen LogP contribution in [0.15, 0.2) is 18.6 Å². The lowest BCUT2D eigenvalue weighted by atomic mass is 10.1. The number of piperazine rings is 1. The Morgan fingerprint density at radius 2 is 2.17 bits per heavy atom. The van der Waals surface area contributed by atoms with Gasteiger partial charge in [0.1, 0.15) is 5.82 Å². The molecule has 1 atom stereocenters. The molecule has 4 rings (SSSR count). The first kappa shape index (κ1) is 16.0. The van der Waals surface area contributed by atoms with Gasteiger partial charge in [0, 0.05) is 69.8 Å². The topological polar surface area (TPSA) is 58.5 Å². The summed E-state index contributed by atoms with van der Waals surface area (Å²) in [4.78, 5) is 15.3. The van der Waals surface area contributed by atoms with Crippen molar-refractivity contribution in [1.29, 1.82) is 0 Å². The molecule has 2 aromatic heterocycles. The van der Waals surface area contributed by atoms with E-state index in [-0.39, 0.29) is 0 Å². The Morgan fingerprint density at radius 1 is 1.29 bits per heavy atom. The van der Waals surface area contributed by atoms with Crippen LogP contribution in [0.4, 0.5) is 5.13 Å². The van der Waals surface area contributed by atoms with Crippen LogP contribution in [0.2, 0.25) is 0 Å². The summed E-state index contributed by atoms with van der Waals surface area (Å²) in [5.74, 6) is 1.13. The predicted octanol–water partition coefficient (Wildman–Crippen LogP) is 0.860. The van der Waals surface area contributed by atoms with E-state index in [1.54, 1.807) is 11.3 Å². The molecule has 0 aliphatic carbocycles. The molecule has 0 amide bonds. The van der Waals surface area contributed by atoms with Gasteiger partial charge in [-0.05, 0) is 0 Å². The van der Waals surface area contributed by atoms with Crippen molar-refractivity contribution in [1.82, 2.24) is 24.8 Å². The second-order valence-electron chi connectivity index (χ2n) is 6.30. The van der Waals surface area contributed by atoms with Crippen LogP contribution in [0.25, 0.3) is 0 Å². The first-order valence-electron chi connectivity index (χ1n) is 8.50. The standard InChI is InChI=1S/C16H24N6OS/c1-20-4-3-18-15(20)14-11-17-2-5-22(14)12-13-10-19-16(24-13)21-6-8-23-9-7-21/h3-4,10,14,17H,2,5-9,11-12H2,1H3. The van der Waals surface area contributed by atoms with E-state index in [9.17, 15) is 0 Å². The Morgan fingerprint density at radius 3 is 2.96 bits per heavy atom. The second kappa shape index (κ2) is 7.18. The van der Waals surface area contributed by atoms with Crippen molar-refractivity contribution in [3.05, 3.63) is 29.3 Å². The number of aromatic nitrogens is 3. The number of thiazole rings is 1. The molecule has 0 saturated carbocycles. The summed E-state index contributed by atoms with van der Waals surface area (Å²) < 4.78 is 7.55. The van der Waals surface area contributed by atoms with Crippen molar-refractivity contribution < 1.29 is 4.74 Å². The van der Waals surface area contributed by atoms with Gasteiger partial charge in [0.15, 0.2) is 5.13 Å². The number of hydrogen-bond donors (Lipinski definition) is 1. The highest BCUT2D eigenvalue weighted by Gasteiger charge is 2.27. The summed E-state index contributed by atoms with van der Waals surface area (Å²) in [5.41, 5.74) is 0. The van der Waals surface area contributed by atoms with Gasteiger partial charge in [-0.2, -0.15) is 0 Å². The molecule has 1 N–H and O–H groups in total. The molecule has 130 valence electrons. The molecule has 7 nitrogen and oxygen atoms in total. The fourth-order valence-corrected chi connectivity index (χ4v) is 4.35. The molecule has 24 heavy (non-hydrogen) atoms. The van der Waals surface area contributed by atoms with Crippen molar-refractivity contribution in [2.45, 2.75) is 12.6 Å². The highest BCUT2D eigenvalue weighted by Crippen LogP contribution is 2.28. The molecule has 2 aromatic rings. The van der Waals surface area contributed by atoms with Crippen LogP contribution in [0, 0.1) is 0 Å². The van der Waals surface area contributed by atoms with Crippen LogP contribution < -0.4 is 10.2 Å². The third-order valence-corrected chi connectivity index (χ3v) is 5.74. The first-order valence-corrected chi connectivity index (χ1v) is 9.32.